The first kappa shape index (κ1) is 15.6. The molecule has 4 nitrogen and oxygen atoms in total. The van der Waals surface area contributed by atoms with Crippen molar-refractivity contribution in [2.75, 3.05) is 0 Å². The van der Waals surface area contributed by atoms with E-state index in [0.717, 1.165) is 27.7 Å². The number of hydrogen-bond acceptors (Lipinski definition) is 4. The minimum Gasteiger partial charge on any atom is -0.290 e. The summed E-state index contributed by atoms with van der Waals surface area (Å²) in [5, 5.41) is 1.08. The van der Waals surface area contributed by atoms with Crippen molar-refractivity contribution in [3.8, 4) is 10.4 Å². The number of imidazole rings is 1. The monoisotopic (exact) mass is 302 g/mol. The van der Waals surface area contributed by atoms with Gasteiger partial charge in [0.05, 0.1) is 21.3 Å². The summed E-state index contributed by atoms with van der Waals surface area (Å²) in [7, 11) is 0. The SMILES string of the molecule is CC.Cc1nc(C)c(-c2cnc3nc(C(C)C)cn3c2)s1. The van der Waals surface area contributed by atoms with Crippen molar-refractivity contribution in [1.29, 1.82) is 0 Å². The zero-order chi connectivity index (χ0) is 15.6. The number of rotatable bonds is 2. The smallest absolute Gasteiger partial charge is 0.233 e. The van der Waals surface area contributed by atoms with Crippen molar-refractivity contribution in [3.05, 3.63) is 35.0 Å². The average molecular weight is 302 g/mol. The zero-order valence-electron chi connectivity index (χ0n) is 13.5. The van der Waals surface area contributed by atoms with Gasteiger partial charge in [-0.25, -0.2) is 15.0 Å². The first-order valence-electron chi connectivity index (χ1n) is 7.33. The van der Waals surface area contributed by atoms with E-state index in [4.69, 9.17) is 0 Å². The summed E-state index contributed by atoms with van der Waals surface area (Å²) in [5.74, 6) is 1.17. The standard InChI is InChI=1S/C14H16N4S.C2H6/c1-8(2)12-7-18-6-11(5-15-14(18)17-12)13-9(3)16-10(4)19-13;1-2/h5-8H,1-4H3;1-2H3. The highest BCUT2D eigenvalue weighted by atomic mass is 32.1. The number of aromatic nitrogens is 4. The fourth-order valence-corrected chi connectivity index (χ4v) is 2.99. The molecule has 5 heteroatoms. The van der Waals surface area contributed by atoms with E-state index in [1.807, 2.05) is 38.3 Å². The van der Waals surface area contributed by atoms with E-state index in [-0.39, 0.29) is 0 Å². The molecule has 3 aromatic heterocycles. The Balaban J connectivity index is 0.000000774. The fourth-order valence-electron chi connectivity index (χ4n) is 2.10. The highest BCUT2D eigenvalue weighted by molar-refractivity contribution is 7.15. The third-order valence-corrected chi connectivity index (χ3v) is 4.21. The van der Waals surface area contributed by atoms with Gasteiger partial charge in [-0.05, 0) is 19.8 Å². The third kappa shape index (κ3) is 3.13. The van der Waals surface area contributed by atoms with Gasteiger partial charge in [0.1, 0.15) is 0 Å². The summed E-state index contributed by atoms with van der Waals surface area (Å²) in [4.78, 5) is 14.6. The number of hydrogen-bond donors (Lipinski definition) is 0. The molecule has 0 saturated heterocycles. The van der Waals surface area contributed by atoms with Crippen LogP contribution >= 0.6 is 11.3 Å². The molecule has 112 valence electrons. The Hall–Kier alpha value is -1.75. The highest BCUT2D eigenvalue weighted by Crippen LogP contribution is 2.29. The molecule has 3 rings (SSSR count). The van der Waals surface area contributed by atoms with E-state index in [1.165, 1.54) is 4.88 Å². The lowest BCUT2D eigenvalue weighted by Crippen LogP contribution is -1.89. The summed E-state index contributed by atoms with van der Waals surface area (Å²) in [6, 6.07) is 0. The molecule has 0 aliphatic carbocycles. The minimum absolute atomic E-state index is 0.414. The van der Waals surface area contributed by atoms with Crippen LogP contribution < -0.4 is 0 Å². The van der Waals surface area contributed by atoms with Crippen LogP contribution in [0.25, 0.3) is 16.2 Å². The fraction of sp³-hybridized carbons (Fsp3) is 0.438. The number of fused-ring (bicyclic) bond motifs is 1. The maximum atomic E-state index is 4.51. The van der Waals surface area contributed by atoms with Gasteiger partial charge in [-0.1, -0.05) is 27.7 Å². The van der Waals surface area contributed by atoms with Gasteiger partial charge >= 0.3 is 0 Å². The molecule has 0 unspecified atom stereocenters. The lowest BCUT2D eigenvalue weighted by Gasteiger charge is -1.99. The summed E-state index contributed by atoms with van der Waals surface area (Å²) >= 11 is 1.70. The van der Waals surface area contributed by atoms with Crippen molar-refractivity contribution in [2.24, 2.45) is 0 Å². The summed E-state index contributed by atoms with van der Waals surface area (Å²) < 4.78 is 2.00. The molecule has 0 spiro atoms. The molecule has 0 saturated carbocycles. The van der Waals surface area contributed by atoms with Crippen molar-refractivity contribution in [3.63, 3.8) is 0 Å². The molecule has 0 radical (unpaired) electrons. The highest BCUT2D eigenvalue weighted by Gasteiger charge is 2.11. The number of thiazole rings is 1. The Morgan fingerprint density at radius 3 is 2.38 bits per heavy atom. The molecular weight excluding hydrogens is 280 g/mol. The van der Waals surface area contributed by atoms with Crippen LogP contribution in [0.4, 0.5) is 0 Å². The first-order valence-corrected chi connectivity index (χ1v) is 8.15. The second-order valence-electron chi connectivity index (χ2n) is 5.02. The van der Waals surface area contributed by atoms with Crippen LogP contribution in [0, 0.1) is 13.8 Å². The van der Waals surface area contributed by atoms with Crippen LogP contribution in [-0.2, 0) is 0 Å². The Morgan fingerprint density at radius 1 is 1.10 bits per heavy atom. The largest absolute Gasteiger partial charge is 0.290 e. The summed E-state index contributed by atoms with van der Waals surface area (Å²) in [5.41, 5.74) is 3.23. The quantitative estimate of drug-likeness (QED) is 0.693. The molecule has 3 heterocycles. The van der Waals surface area contributed by atoms with Gasteiger partial charge in [-0.15, -0.1) is 11.3 Å². The molecule has 0 atom stereocenters. The van der Waals surface area contributed by atoms with Gasteiger partial charge < -0.3 is 0 Å². The van der Waals surface area contributed by atoms with Gasteiger partial charge in [0.25, 0.3) is 0 Å². The van der Waals surface area contributed by atoms with E-state index in [2.05, 4.69) is 41.2 Å². The molecule has 0 N–H and O–H groups in total. The lowest BCUT2D eigenvalue weighted by atomic mass is 10.2. The molecule has 0 aliphatic rings. The minimum atomic E-state index is 0.414. The normalized spacial score (nSPS) is 10.8. The van der Waals surface area contributed by atoms with Crippen LogP contribution in [0.1, 0.15) is 50.0 Å². The lowest BCUT2D eigenvalue weighted by molar-refractivity contribution is 0.833. The van der Waals surface area contributed by atoms with Crippen molar-refractivity contribution in [1.82, 2.24) is 19.4 Å². The van der Waals surface area contributed by atoms with E-state index in [9.17, 15) is 0 Å². The molecule has 0 aromatic carbocycles. The van der Waals surface area contributed by atoms with Crippen LogP contribution in [0.15, 0.2) is 18.6 Å². The topological polar surface area (TPSA) is 43.1 Å². The van der Waals surface area contributed by atoms with Gasteiger partial charge in [-0.3, -0.25) is 4.40 Å². The molecule has 3 aromatic rings. The van der Waals surface area contributed by atoms with Crippen molar-refractivity contribution in [2.45, 2.75) is 47.5 Å². The molecule has 0 aliphatic heterocycles. The summed E-state index contributed by atoms with van der Waals surface area (Å²) in [6.45, 7) is 12.3. The van der Waals surface area contributed by atoms with Gasteiger partial charge in [-0.2, -0.15) is 0 Å². The maximum absolute atomic E-state index is 4.51. The van der Waals surface area contributed by atoms with E-state index in [0.29, 0.717) is 5.92 Å². The Bertz CT molecular complexity index is 740. The van der Waals surface area contributed by atoms with E-state index >= 15 is 0 Å². The van der Waals surface area contributed by atoms with Crippen molar-refractivity contribution < 1.29 is 0 Å². The Labute approximate surface area is 129 Å². The van der Waals surface area contributed by atoms with Gasteiger partial charge in [0, 0.05) is 24.2 Å². The molecule has 21 heavy (non-hydrogen) atoms. The maximum Gasteiger partial charge on any atom is 0.233 e. The molecule has 0 amide bonds. The molecular formula is C16H22N4S. The second kappa shape index (κ2) is 6.35. The van der Waals surface area contributed by atoms with Crippen LogP contribution in [0.5, 0.6) is 0 Å². The summed E-state index contributed by atoms with van der Waals surface area (Å²) in [6.07, 6.45) is 6.02. The van der Waals surface area contributed by atoms with Crippen LogP contribution in [-0.4, -0.2) is 19.4 Å². The van der Waals surface area contributed by atoms with Gasteiger partial charge in [0.15, 0.2) is 0 Å². The predicted octanol–water partition coefficient (Wildman–Crippen LogP) is 4.62. The first-order chi connectivity index (χ1) is 10.0. The van der Waals surface area contributed by atoms with E-state index in [1.54, 1.807) is 11.3 Å². The van der Waals surface area contributed by atoms with E-state index < -0.39 is 0 Å². The average Bonchev–Trinajstić information content (AvgIpc) is 3.03. The number of nitrogens with zero attached hydrogens (tertiary/aromatic N) is 4. The van der Waals surface area contributed by atoms with Crippen LogP contribution in [0.2, 0.25) is 0 Å². The Morgan fingerprint density at radius 2 is 1.81 bits per heavy atom. The predicted molar refractivity (Wildman–Crippen MR) is 89.0 cm³/mol. The number of aryl methyl sites for hydroxylation is 2. The van der Waals surface area contributed by atoms with Gasteiger partial charge in [0.2, 0.25) is 5.78 Å². The van der Waals surface area contributed by atoms with Crippen LogP contribution in [0.3, 0.4) is 0 Å². The third-order valence-electron chi connectivity index (χ3n) is 3.09. The second-order valence-corrected chi connectivity index (χ2v) is 6.22. The Kier molecular flexibility index (Phi) is 4.73. The molecule has 0 bridgehead atoms. The molecule has 0 fully saturated rings. The van der Waals surface area contributed by atoms with Crippen molar-refractivity contribution >= 4 is 17.1 Å². The zero-order valence-corrected chi connectivity index (χ0v) is 14.3.